The molecule has 0 aromatic carbocycles. The second-order valence-corrected chi connectivity index (χ2v) is 5.62. The summed E-state index contributed by atoms with van der Waals surface area (Å²) in [5.74, 6) is -2.85. The fourth-order valence-electron chi connectivity index (χ4n) is 1.75. The smallest absolute Gasteiger partial charge is 0.333 e. The molecule has 2 N–H and O–H groups in total. The molecule has 26 heavy (non-hydrogen) atoms. The average Bonchev–Trinajstić information content (AvgIpc) is 2.56. The van der Waals surface area contributed by atoms with Gasteiger partial charge in [0, 0.05) is 24.0 Å². The zero-order valence-corrected chi connectivity index (χ0v) is 15.2. The number of carbonyl (C=O) groups excluding carboxylic acids is 2. The third kappa shape index (κ3) is 12.7. The highest BCUT2D eigenvalue weighted by Crippen LogP contribution is 2.04. The molecule has 0 aromatic rings. The summed E-state index contributed by atoms with van der Waals surface area (Å²) in [4.78, 5) is 44.0. The molecule has 0 aliphatic rings. The lowest BCUT2D eigenvalue weighted by Gasteiger charge is -2.06. The number of allylic oxidation sites excluding steroid dienone is 2. The van der Waals surface area contributed by atoms with Gasteiger partial charge in [0.2, 0.25) is 0 Å². The Kier molecular flexibility index (Phi) is 12.2. The fraction of sp³-hybridized carbons (Fsp3) is 0.556. The van der Waals surface area contributed by atoms with Gasteiger partial charge in [-0.1, -0.05) is 12.2 Å². The molecule has 8 nitrogen and oxygen atoms in total. The minimum Gasteiger partial charge on any atom is -0.481 e. The molecular formula is C18H26O8. The number of aliphatic carboxylic acids is 2. The van der Waals surface area contributed by atoms with Crippen LogP contribution >= 0.6 is 0 Å². The number of carboxylic acids is 2. The van der Waals surface area contributed by atoms with Crippen LogP contribution in [0.1, 0.15) is 52.4 Å². The summed E-state index contributed by atoms with van der Waals surface area (Å²) in [6, 6.07) is 0. The second kappa shape index (κ2) is 13.6. The van der Waals surface area contributed by atoms with E-state index in [1.165, 1.54) is 12.2 Å². The van der Waals surface area contributed by atoms with Gasteiger partial charge in [-0.15, -0.1) is 0 Å². The van der Waals surface area contributed by atoms with E-state index in [1.807, 2.05) is 0 Å². The maximum atomic E-state index is 11.6. The van der Waals surface area contributed by atoms with E-state index in [2.05, 4.69) is 0 Å². The van der Waals surface area contributed by atoms with E-state index in [0.29, 0.717) is 24.0 Å². The van der Waals surface area contributed by atoms with Gasteiger partial charge >= 0.3 is 23.9 Å². The number of unbranched alkanes of at least 4 members (excludes halogenated alkanes) is 1. The summed E-state index contributed by atoms with van der Waals surface area (Å²) in [5, 5.41) is 17.0. The number of rotatable bonds is 13. The molecule has 0 radical (unpaired) electrons. The molecule has 0 rings (SSSR count). The van der Waals surface area contributed by atoms with Crippen molar-refractivity contribution in [2.24, 2.45) is 0 Å². The Hall–Kier alpha value is -2.64. The molecule has 0 aromatic heterocycles. The van der Waals surface area contributed by atoms with Crippen molar-refractivity contribution >= 4 is 23.9 Å². The van der Waals surface area contributed by atoms with Crippen LogP contribution < -0.4 is 0 Å². The van der Waals surface area contributed by atoms with Crippen molar-refractivity contribution in [1.29, 1.82) is 0 Å². The van der Waals surface area contributed by atoms with Crippen LogP contribution in [0.3, 0.4) is 0 Å². The number of ether oxygens (including phenoxy) is 2. The molecule has 0 heterocycles. The Bertz CT molecular complexity index is 510. The van der Waals surface area contributed by atoms with E-state index in [1.54, 1.807) is 13.8 Å². The van der Waals surface area contributed by atoms with Crippen LogP contribution in [0.25, 0.3) is 0 Å². The van der Waals surface area contributed by atoms with Crippen molar-refractivity contribution in [2.45, 2.75) is 52.4 Å². The van der Waals surface area contributed by atoms with E-state index < -0.39 is 23.9 Å². The van der Waals surface area contributed by atoms with Gasteiger partial charge in [0.05, 0.1) is 13.2 Å². The molecule has 0 amide bonds. The van der Waals surface area contributed by atoms with Crippen molar-refractivity contribution in [3.8, 4) is 0 Å². The van der Waals surface area contributed by atoms with Crippen molar-refractivity contribution in [2.75, 3.05) is 13.2 Å². The van der Waals surface area contributed by atoms with Crippen LogP contribution in [0, 0.1) is 0 Å². The number of carbonyl (C=O) groups is 4. The zero-order valence-electron chi connectivity index (χ0n) is 15.2. The molecule has 0 unspecified atom stereocenters. The van der Waals surface area contributed by atoms with Crippen molar-refractivity contribution in [1.82, 2.24) is 0 Å². The standard InChI is InChI=1S/C18H26O8/c1-13(7-5-9-15(19)20)17(23)25-11-3-4-12-26-18(24)14(2)8-6-10-16(21)22/h7-8H,3-6,9-12H2,1-2H3,(H,19,20)(H,21,22). The first-order chi connectivity index (χ1) is 12.2. The third-order valence-corrected chi connectivity index (χ3v) is 3.27. The Morgan fingerprint density at radius 3 is 1.38 bits per heavy atom. The Morgan fingerprint density at radius 2 is 1.08 bits per heavy atom. The highest BCUT2D eigenvalue weighted by molar-refractivity contribution is 5.88. The van der Waals surface area contributed by atoms with Crippen LogP contribution in [0.5, 0.6) is 0 Å². The van der Waals surface area contributed by atoms with Crippen LogP contribution in [0.15, 0.2) is 23.3 Å². The average molecular weight is 370 g/mol. The highest BCUT2D eigenvalue weighted by Gasteiger charge is 2.07. The summed E-state index contributed by atoms with van der Waals surface area (Å²) in [6.07, 6.45) is 4.54. The first kappa shape index (κ1) is 23.4. The molecule has 0 aliphatic carbocycles. The third-order valence-electron chi connectivity index (χ3n) is 3.27. The lowest BCUT2D eigenvalue weighted by atomic mass is 10.2. The van der Waals surface area contributed by atoms with E-state index in [0.717, 1.165) is 0 Å². The Labute approximate surface area is 152 Å². The second-order valence-electron chi connectivity index (χ2n) is 5.62. The Balaban J connectivity index is 3.86. The number of hydrogen-bond acceptors (Lipinski definition) is 6. The molecule has 0 fully saturated rings. The molecule has 0 atom stereocenters. The molecule has 0 bridgehead atoms. The van der Waals surface area contributed by atoms with Gasteiger partial charge in [0.25, 0.3) is 0 Å². The monoisotopic (exact) mass is 370 g/mol. The molecule has 0 saturated carbocycles. The minimum absolute atomic E-state index is 0.0415. The van der Waals surface area contributed by atoms with Gasteiger partial charge in [0.1, 0.15) is 0 Å². The normalized spacial score (nSPS) is 11.8. The van der Waals surface area contributed by atoms with Crippen LogP contribution in [-0.2, 0) is 28.7 Å². The molecule has 0 aliphatic heterocycles. The summed E-state index contributed by atoms with van der Waals surface area (Å²) >= 11 is 0. The van der Waals surface area contributed by atoms with E-state index >= 15 is 0 Å². The Morgan fingerprint density at radius 1 is 0.731 bits per heavy atom. The lowest BCUT2D eigenvalue weighted by Crippen LogP contribution is -2.10. The predicted molar refractivity (Wildman–Crippen MR) is 92.4 cm³/mol. The summed E-state index contributed by atoms with van der Waals surface area (Å²) in [6.45, 7) is 3.47. The van der Waals surface area contributed by atoms with Gasteiger partial charge in [-0.05, 0) is 39.5 Å². The van der Waals surface area contributed by atoms with Gasteiger partial charge in [0.15, 0.2) is 0 Å². The summed E-state index contributed by atoms with van der Waals surface area (Å²) in [5.41, 5.74) is 0.722. The topological polar surface area (TPSA) is 127 Å². The van der Waals surface area contributed by atoms with Gasteiger partial charge in [-0.2, -0.15) is 0 Å². The van der Waals surface area contributed by atoms with Crippen molar-refractivity contribution in [3.05, 3.63) is 23.3 Å². The number of carboxylic acid groups (broad SMARTS) is 2. The largest absolute Gasteiger partial charge is 0.481 e. The quantitative estimate of drug-likeness (QED) is 0.287. The maximum absolute atomic E-state index is 11.6. The van der Waals surface area contributed by atoms with Crippen LogP contribution in [0.2, 0.25) is 0 Å². The maximum Gasteiger partial charge on any atom is 0.333 e. The number of hydrogen-bond donors (Lipinski definition) is 2. The zero-order chi connectivity index (χ0) is 19.9. The first-order valence-corrected chi connectivity index (χ1v) is 8.35. The van der Waals surface area contributed by atoms with Gasteiger partial charge in [-0.25, -0.2) is 9.59 Å². The number of esters is 2. The van der Waals surface area contributed by atoms with Crippen LogP contribution in [-0.4, -0.2) is 47.3 Å². The van der Waals surface area contributed by atoms with Crippen LogP contribution in [0.4, 0.5) is 0 Å². The van der Waals surface area contributed by atoms with Crippen molar-refractivity contribution < 1.29 is 38.9 Å². The summed E-state index contributed by atoms with van der Waals surface area (Å²) < 4.78 is 10.1. The fourth-order valence-corrected chi connectivity index (χ4v) is 1.75. The highest BCUT2D eigenvalue weighted by atomic mass is 16.5. The molecule has 8 heteroatoms. The molecule has 146 valence electrons. The molecule has 0 spiro atoms. The summed E-state index contributed by atoms with van der Waals surface area (Å²) in [7, 11) is 0. The SMILES string of the molecule is CC(=CCCC(=O)O)C(=O)OCCCCOC(=O)C(C)=CCCC(=O)O. The molecular weight excluding hydrogens is 344 g/mol. The van der Waals surface area contributed by atoms with Gasteiger partial charge < -0.3 is 19.7 Å². The van der Waals surface area contributed by atoms with E-state index in [-0.39, 0.29) is 38.9 Å². The van der Waals surface area contributed by atoms with Crippen molar-refractivity contribution in [3.63, 3.8) is 0 Å². The van der Waals surface area contributed by atoms with E-state index in [4.69, 9.17) is 19.7 Å². The minimum atomic E-state index is -0.927. The first-order valence-electron chi connectivity index (χ1n) is 8.35. The lowest BCUT2D eigenvalue weighted by molar-refractivity contribution is -0.141. The predicted octanol–water partition coefficient (Wildman–Crippen LogP) is 2.48. The van der Waals surface area contributed by atoms with E-state index in [9.17, 15) is 19.2 Å². The molecule has 0 saturated heterocycles. The van der Waals surface area contributed by atoms with Gasteiger partial charge in [-0.3, -0.25) is 9.59 Å².